The summed E-state index contributed by atoms with van der Waals surface area (Å²) in [5.74, 6) is -1.10. The van der Waals surface area contributed by atoms with E-state index in [0.717, 1.165) is 0 Å². The van der Waals surface area contributed by atoms with Crippen LogP contribution in [0.3, 0.4) is 0 Å². The molecule has 0 bridgehead atoms. The second-order valence-electron chi connectivity index (χ2n) is 3.88. The zero-order chi connectivity index (χ0) is 15.6. The number of aromatic nitrogens is 2. The normalized spacial score (nSPS) is 12.8. The summed E-state index contributed by atoms with van der Waals surface area (Å²) in [6.07, 6.45) is -14.4. The largest absolute Gasteiger partial charge is 0.455 e. The molecule has 0 aliphatic heterocycles. The lowest BCUT2D eigenvalue weighted by Gasteiger charge is -2.23. The SMILES string of the molecule is CCCc1nc(N)cc(OC(C(F)(F)F)C(F)(F)F)n1. The Kier molecular flexibility index (Phi) is 4.66. The molecule has 0 atom stereocenters. The zero-order valence-corrected chi connectivity index (χ0v) is 10.2. The van der Waals surface area contributed by atoms with E-state index in [9.17, 15) is 26.3 Å². The van der Waals surface area contributed by atoms with Crippen LogP contribution in [0.4, 0.5) is 32.2 Å². The van der Waals surface area contributed by atoms with Crippen molar-refractivity contribution in [1.82, 2.24) is 9.97 Å². The van der Waals surface area contributed by atoms with E-state index >= 15 is 0 Å². The van der Waals surface area contributed by atoms with Crippen molar-refractivity contribution < 1.29 is 31.1 Å². The quantitative estimate of drug-likeness (QED) is 0.869. The lowest BCUT2D eigenvalue weighted by Crippen LogP contribution is -2.46. The Morgan fingerprint density at radius 3 is 2.15 bits per heavy atom. The Labute approximate surface area is 110 Å². The molecule has 2 N–H and O–H groups in total. The highest BCUT2D eigenvalue weighted by molar-refractivity contribution is 5.33. The second kappa shape index (κ2) is 5.71. The molecule has 0 fully saturated rings. The Hall–Kier alpha value is -1.74. The predicted molar refractivity (Wildman–Crippen MR) is 57.0 cm³/mol. The lowest BCUT2D eigenvalue weighted by molar-refractivity contribution is -0.300. The van der Waals surface area contributed by atoms with Crippen LogP contribution in [0.15, 0.2) is 6.07 Å². The molecule has 10 heteroatoms. The Balaban J connectivity index is 3.05. The maximum atomic E-state index is 12.3. The van der Waals surface area contributed by atoms with Crippen molar-refractivity contribution in [3.8, 4) is 5.88 Å². The third-order valence-electron chi connectivity index (χ3n) is 2.08. The Morgan fingerprint density at radius 2 is 1.70 bits per heavy atom. The highest BCUT2D eigenvalue weighted by Gasteiger charge is 2.59. The number of rotatable bonds is 4. The molecule has 20 heavy (non-hydrogen) atoms. The molecule has 0 saturated carbocycles. The van der Waals surface area contributed by atoms with Gasteiger partial charge in [-0.3, -0.25) is 0 Å². The van der Waals surface area contributed by atoms with Crippen LogP contribution in [-0.2, 0) is 6.42 Å². The van der Waals surface area contributed by atoms with Crippen LogP contribution in [0.25, 0.3) is 0 Å². The molecule has 0 saturated heterocycles. The first-order chi connectivity index (χ1) is 9.04. The third kappa shape index (κ3) is 4.42. The summed E-state index contributed by atoms with van der Waals surface area (Å²) in [6, 6.07) is 0.712. The first-order valence-corrected chi connectivity index (χ1v) is 5.47. The van der Waals surface area contributed by atoms with Crippen LogP contribution in [0.5, 0.6) is 5.88 Å². The lowest BCUT2D eigenvalue weighted by atomic mass is 10.3. The van der Waals surface area contributed by atoms with E-state index in [-0.39, 0.29) is 18.1 Å². The highest BCUT2D eigenvalue weighted by Crippen LogP contribution is 2.36. The molecule has 1 aromatic rings. The second-order valence-corrected chi connectivity index (χ2v) is 3.88. The fourth-order valence-electron chi connectivity index (χ4n) is 1.33. The summed E-state index contributed by atoms with van der Waals surface area (Å²) in [5, 5.41) is 0. The minimum atomic E-state index is -5.61. The van der Waals surface area contributed by atoms with Crippen molar-refractivity contribution in [3.63, 3.8) is 0 Å². The fraction of sp³-hybridized carbons (Fsp3) is 0.600. The van der Waals surface area contributed by atoms with Crippen molar-refractivity contribution in [3.05, 3.63) is 11.9 Å². The van der Waals surface area contributed by atoms with Crippen LogP contribution >= 0.6 is 0 Å². The van der Waals surface area contributed by atoms with E-state index in [1.54, 1.807) is 6.92 Å². The number of anilines is 1. The minimum Gasteiger partial charge on any atom is -0.455 e. The number of nitrogens with zero attached hydrogens (tertiary/aromatic N) is 2. The predicted octanol–water partition coefficient (Wildman–Crippen LogP) is 2.88. The molecule has 0 aromatic carbocycles. The maximum absolute atomic E-state index is 12.3. The maximum Gasteiger partial charge on any atom is 0.434 e. The monoisotopic (exact) mass is 303 g/mol. The van der Waals surface area contributed by atoms with E-state index in [1.807, 2.05) is 0 Å². The van der Waals surface area contributed by atoms with Crippen molar-refractivity contribution in [2.24, 2.45) is 0 Å². The van der Waals surface area contributed by atoms with E-state index in [1.165, 1.54) is 0 Å². The van der Waals surface area contributed by atoms with E-state index in [2.05, 4.69) is 14.7 Å². The molecule has 1 heterocycles. The number of aryl methyl sites for hydroxylation is 1. The molecule has 0 amide bonds. The van der Waals surface area contributed by atoms with Gasteiger partial charge >= 0.3 is 12.4 Å². The number of nitrogens with two attached hydrogens (primary N) is 1. The van der Waals surface area contributed by atoms with Gasteiger partial charge in [0, 0.05) is 12.5 Å². The van der Waals surface area contributed by atoms with Crippen molar-refractivity contribution in [2.45, 2.75) is 38.2 Å². The van der Waals surface area contributed by atoms with Gasteiger partial charge in [0.15, 0.2) is 0 Å². The molecule has 0 aliphatic carbocycles. The number of nitrogen functional groups attached to an aromatic ring is 1. The molecule has 114 valence electrons. The number of halogens is 6. The Bertz CT molecular complexity index is 445. The third-order valence-corrected chi connectivity index (χ3v) is 2.08. The number of ether oxygens (including phenoxy) is 1. The summed E-state index contributed by atoms with van der Waals surface area (Å²) < 4.78 is 77.9. The fourth-order valence-corrected chi connectivity index (χ4v) is 1.33. The minimum absolute atomic E-state index is 0.0191. The van der Waals surface area contributed by atoms with E-state index in [0.29, 0.717) is 12.5 Å². The topological polar surface area (TPSA) is 61.0 Å². The van der Waals surface area contributed by atoms with Gasteiger partial charge in [0.1, 0.15) is 11.6 Å². The van der Waals surface area contributed by atoms with E-state index in [4.69, 9.17) is 5.73 Å². The summed E-state index contributed by atoms with van der Waals surface area (Å²) in [4.78, 5) is 7.16. The first kappa shape index (κ1) is 16.3. The average Bonchev–Trinajstić information content (AvgIpc) is 2.22. The summed E-state index contributed by atoms with van der Waals surface area (Å²) in [5.41, 5.74) is 5.29. The van der Waals surface area contributed by atoms with Gasteiger partial charge in [-0.1, -0.05) is 6.92 Å². The van der Waals surface area contributed by atoms with Crippen LogP contribution in [0.2, 0.25) is 0 Å². The summed E-state index contributed by atoms with van der Waals surface area (Å²) in [6.45, 7) is 1.74. The van der Waals surface area contributed by atoms with Gasteiger partial charge in [-0.15, -0.1) is 0 Å². The molecule has 0 unspecified atom stereocenters. The smallest absolute Gasteiger partial charge is 0.434 e. The summed E-state index contributed by atoms with van der Waals surface area (Å²) in [7, 11) is 0. The van der Waals surface area contributed by atoms with Crippen LogP contribution in [0.1, 0.15) is 19.2 Å². The molecule has 0 spiro atoms. The van der Waals surface area contributed by atoms with Gasteiger partial charge < -0.3 is 10.5 Å². The number of alkyl halides is 6. The van der Waals surface area contributed by atoms with Crippen molar-refractivity contribution in [2.75, 3.05) is 5.73 Å². The van der Waals surface area contributed by atoms with Gasteiger partial charge in [-0.25, -0.2) is 4.98 Å². The molecule has 4 nitrogen and oxygen atoms in total. The average molecular weight is 303 g/mol. The molecule has 0 aliphatic rings. The van der Waals surface area contributed by atoms with Crippen molar-refractivity contribution >= 4 is 5.82 Å². The Morgan fingerprint density at radius 1 is 1.15 bits per heavy atom. The number of hydrogen-bond acceptors (Lipinski definition) is 4. The van der Waals surface area contributed by atoms with Gasteiger partial charge in [0.05, 0.1) is 0 Å². The van der Waals surface area contributed by atoms with Crippen molar-refractivity contribution in [1.29, 1.82) is 0 Å². The molecule has 1 rings (SSSR count). The van der Waals surface area contributed by atoms with Gasteiger partial charge in [-0.2, -0.15) is 31.3 Å². The molecule has 0 radical (unpaired) electrons. The van der Waals surface area contributed by atoms with Gasteiger partial charge in [0.2, 0.25) is 5.88 Å². The standard InChI is InChI=1S/C10H11F6N3O/c1-2-3-6-18-5(17)4-7(19-6)20-8(9(11,12)13)10(14,15)16/h4,8H,2-3H2,1H3,(H2,17,18,19). The highest BCUT2D eigenvalue weighted by atomic mass is 19.4. The van der Waals surface area contributed by atoms with E-state index < -0.39 is 24.3 Å². The van der Waals surface area contributed by atoms with Gasteiger partial charge in [0.25, 0.3) is 6.10 Å². The molecular weight excluding hydrogens is 292 g/mol. The zero-order valence-electron chi connectivity index (χ0n) is 10.2. The van der Waals surface area contributed by atoms with Crippen LogP contribution in [0, 0.1) is 0 Å². The summed E-state index contributed by atoms with van der Waals surface area (Å²) >= 11 is 0. The van der Waals surface area contributed by atoms with Gasteiger partial charge in [-0.05, 0) is 6.42 Å². The van der Waals surface area contributed by atoms with Crippen LogP contribution in [-0.4, -0.2) is 28.4 Å². The molecule has 1 aromatic heterocycles. The first-order valence-electron chi connectivity index (χ1n) is 5.47. The molecular formula is C10H11F6N3O. The number of hydrogen-bond donors (Lipinski definition) is 1. The van der Waals surface area contributed by atoms with Crippen LogP contribution < -0.4 is 10.5 Å².